The summed E-state index contributed by atoms with van der Waals surface area (Å²) in [4.78, 5) is 81.0. The van der Waals surface area contributed by atoms with E-state index in [2.05, 4.69) is 16.0 Å². The molecule has 0 fully saturated rings. The van der Waals surface area contributed by atoms with Crippen molar-refractivity contribution in [1.82, 2.24) is 16.0 Å². The maximum atomic E-state index is 12.7. The minimum atomic E-state index is -1.61. The molecule has 186 valence electrons. The second kappa shape index (κ2) is 14.4. The summed E-state index contributed by atoms with van der Waals surface area (Å²) < 4.78 is 0. The van der Waals surface area contributed by atoms with Gasteiger partial charge in [-0.25, -0.2) is 4.79 Å². The van der Waals surface area contributed by atoms with Crippen LogP contribution in [0, 0.1) is 5.92 Å². The van der Waals surface area contributed by atoms with E-state index in [1.54, 1.807) is 0 Å². The van der Waals surface area contributed by atoms with E-state index >= 15 is 0 Å². The lowest BCUT2D eigenvalue weighted by Gasteiger charge is -2.24. The molecule has 0 bridgehead atoms. The quantitative estimate of drug-likeness (QED) is 0.139. The number of carbonyl (C=O) groups excluding carboxylic acids is 3. The first-order valence-electron chi connectivity index (χ1n) is 10.0. The normalized spacial score (nSPS) is 13.3. The van der Waals surface area contributed by atoms with Crippen LogP contribution < -0.4 is 16.0 Å². The molecule has 0 aromatic rings. The highest BCUT2D eigenvalue weighted by atomic mass is 16.4. The van der Waals surface area contributed by atoms with E-state index in [9.17, 15) is 38.7 Å². The van der Waals surface area contributed by atoms with Gasteiger partial charge in [-0.1, -0.05) is 13.8 Å². The Balaban J connectivity index is 5.54. The fourth-order valence-corrected chi connectivity index (χ4v) is 2.48. The molecule has 0 unspecified atom stereocenters. The number of aliphatic carboxylic acids is 4. The lowest BCUT2D eigenvalue weighted by atomic mass is 10.1. The number of hydrogen-bond acceptors (Lipinski definition) is 7. The number of carbonyl (C=O) groups is 7. The molecule has 0 spiro atoms. The Bertz CT molecular complexity index is 766. The molecule has 0 aliphatic rings. The third-order valence-corrected chi connectivity index (χ3v) is 4.35. The van der Waals surface area contributed by atoms with E-state index in [1.165, 1.54) is 13.8 Å². The molecule has 33 heavy (non-hydrogen) atoms. The molecule has 0 saturated heterocycles. The molecular weight excluding hydrogens is 446 g/mol. The SMILES string of the molecule is CC(C)C(=O)N[C@@H](CCC(=O)O)C(=O)N[C@@H](CCC(=O)O)C(=O)N[C@@H](CCC(=O)O)C(=O)O. The predicted molar refractivity (Wildman–Crippen MR) is 109 cm³/mol. The maximum Gasteiger partial charge on any atom is 0.326 e. The number of nitrogens with one attached hydrogen (secondary N) is 3. The van der Waals surface area contributed by atoms with Crippen molar-refractivity contribution in [3.05, 3.63) is 0 Å². The van der Waals surface area contributed by atoms with Crippen LogP contribution in [-0.4, -0.2) is 80.2 Å². The molecule has 7 N–H and O–H groups in total. The van der Waals surface area contributed by atoms with Crippen molar-refractivity contribution in [2.75, 3.05) is 0 Å². The number of amides is 3. The van der Waals surface area contributed by atoms with Gasteiger partial charge in [-0.3, -0.25) is 28.8 Å². The molecule has 0 heterocycles. The molecule has 0 aliphatic carbocycles. The fourth-order valence-electron chi connectivity index (χ4n) is 2.48. The van der Waals surface area contributed by atoms with Crippen molar-refractivity contribution in [2.24, 2.45) is 5.92 Å². The summed E-state index contributed by atoms with van der Waals surface area (Å²) in [6.07, 6.45) is -2.85. The summed E-state index contributed by atoms with van der Waals surface area (Å²) in [7, 11) is 0. The molecule has 0 rings (SSSR count). The lowest BCUT2D eigenvalue weighted by molar-refractivity contribution is -0.144. The highest BCUT2D eigenvalue weighted by Gasteiger charge is 2.30. The van der Waals surface area contributed by atoms with Crippen molar-refractivity contribution in [3.63, 3.8) is 0 Å². The number of hydrogen-bond donors (Lipinski definition) is 7. The zero-order valence-corrected chi connectivity index (χ0v) is 18.2. The summed E-state index contributed by atoms with van der Waals surface area (Å²) in [6.45, 7) is 3.07. The van der Waals surface area contributed by atoms with Crippen LogP contribution in [0.25, 0.3) is 0 Å². The standard InChI is InChI=1S/C19H29N3O11/c1-9(2)16(29)20-10(3-6-13(23)24)17(30)21-11(4-7-14(25)26)18(31)22-12(19(32)33)5-8-15(27)28/h9-12H,3-8H2,1-2H3,(H,20,29)(H,21,30)(H,22,31)(H,23,24)(H,25,26)(H,27,28)(H,32,33)/t10-,11-,12-/m0/s1. The average Bonchev–Trinajstić information content (AvgIpc) is 2.69. The fraction of sp³-hybridized carbons (Fsp3) is 0.632. The first-order chi connectivity index (χ1) is 15.2. The average molecular weight is 475 g/mol. The first kappa shape index (κ1) is 29.3. The highest BCUT2D eigenvalue weighted by Crippen LogP contribution is 2.06. The molecule has 0 saturated carbocycles. The van der Waals surface area contributed by atoms with Gasteiger partial charge in [-0.2, -0.15) is 0 Å². The van der Waals surface area contributed by atoms with Crippen molar-refractivity contribution in [3.8, 4) is 0 Å². The largest absolute Gasteiger partial charge is 0.481 e. The van der Waals surface area contributed by atoms with Gasteiger partial charge < -0.3 is 36.4 Å². The van der Waals surface area contributed by atoms with Gasteiger partial charge in [-0.15, -0.1) is 0 Å². The van der Waals surface area contributed by atoms with Crippen molar-refractivity contribution < 1.29 is 54.0 Å². The molecule has 0 aliphatic heterocycles. The summed E-state index contributed by atoms with van der Waals surface area (Å²) in [6, 6.07) is -4.50. The zero-order valence-electron chi connectivity index (χ0n) is 18.2. The third kappa shape index (κ3) is 12.7. The molecule has 3 atom stereocenters. The van der Waals surface area contributed by atoms with Crippen LogP contribution in [0.3, 0.4) is 0 Å². The number of carboxylic acid groups (broad SMARTS) is 4. The minimum absolute atomic E-state index is 0.316. The topological polar surface area (TPSA) is 236 Å². The summed E-state index contributed by atoms with van der Waals surface area (Å²) >= 11 is 0. The first-order valence-corrected chi connectivity index (χ1v) is 10.0. The van der Waals surface area contributed by atoms with E-state index < -0.39 is 97.7 Å². The van der Waals surface area contributed by atoms with Crippen LogP contribution >= 0.6 is 0 Å². The molecule has 14 heteroatoms. The predicted octanol–water partition coefficient (Wildman–Crippen LogP) is -1.22. The number of rotatable bonds is 16. The Hall–Kier alpha value is -3.71. The van der Waals surface area contributed by atoms with Crippen LogP contribution in [0.15, 0.2) is 0 Å². The van der Waals surface area contributed by atoms with Crippen LogP contribution in [0.2, 0.25) is 0 Å². The van der Waals surface area contributed by atoms with Gasteiger partial charge in [0.05, 0.1) is 0 Å². The Labute approximate surface area is 188 Å². The van der Waals surface area contributed by atoms with Crippen LogP contribution in [0.4, 0.5) is 0 Å². The van der Waals surface area contributed by atoms with Gasteiger partial charge in [0.1, 0.15) is 18.1 Å². The smallest absolute Gasteiger partial charge is 0.326 e. The molecule has 3 amide bonds. The van der Waals surface area contributed by atoms with Crippen LogP contribution in [0.5, 0.6) is 0 Å². The van der Waals surface area contributed by atoms with Gasteiger partial charge in [-0.05, 0) is 19.3 Å². The van der Waals surface area contributed by atoms with E-state index in [4.69, 9.17) is 15.3 Å². The molecular formula is C19H29N3O11. The second-order valence-electron chi connectivity index (χ2n) is 7.47. The molecule has 14 nitrogen and oxygen atoms in total. The van der Waals surface area contributed by atoms with Gasteiger partial charge in [0.15, 0.2) is 0 Å². The van der Waals surface area contributed by atoms with Crippen molar-refractivity contribution in [2.45, 2.75) is 70.5 Å². The molecule has 0 aromatic heterocycles. The third-order valence-electron chi connectivity index (χ3n) is 4.35. The highest BCUT2D eigenvalue weighted by molar-refractivity contribution is 5.94. The summed E-state index contributed by atoms with van der Waals surface area (Å²) in [5.74, 6) is -8.52. The Morgan fingerprint density at radius 3 is 1.15 bits per heavy atom. The maximum absolute atomic E-state index is 12.7. The van der Waals surface area contributed by atoms with E-state index in [0.29, 0.717) is 0 Å². The van der Waals surface area contributed by atoms with E-state index in [-0.39, 0.29) is 6.42 Å². The Kier molecular flexibility index (Phi) is 12.8. The summed E-state index contributed by atoms with van der Waals surface area (Å²) in [5.41, 5.74) is 0. The summed E-state index contributed by atoms with van der Waals surface area (Å²) in [5, 5.41) is 42.3. The van der Waals surface area contributed by atoms with Crippen molar-refractivity contribution in [1.29, 1.82) is 0 Å². The Morgan fingerprint density at radius 2 is 0.848 bits per heavy atom. The Morgan fingerprint density at radius 1 is 0.545 bits per heavy atom. The van der Waals surface area contributed by atoms with Gasteiger partial charge >= 0.3 is 23.9 Å². The molecule has 0 aromatic carbocycles. The molecule has 0 radical (unpaired) electrons. The van der Waals surface area contributed by atoms with Gasteiger partial charge in [0.25, 0.3) is 0 Å². The monoisotopic (exact) mass is 475 g/mol. The van der Waals surface area contributed by atoms with E-state index in [0.717, 1.165) is 0 Å². The zero-order chi connectivity index (χ0) is 25.7. The minimum Gasteiger partial charge on any atom is -0.481 e. The van der Waals surface area contributed by atoms with Gasteiger partial charge in [0, 0.05) is 25.2 Å². The lowest BCUT2D eigenvalue weighted by Crippen LogP contribution is -2.56. The van der Waals surface area contributed by atoms with Crippen molar-refractivity contribution >= 4 is 41.6 Å². The van der Waals surface area contributed by atoms with Crippen LogP contribution in [-0.2, 0) is 33.6 Å². The van der Waals surface area contributed by atoms with Gasteiger partial charge in [0.2, 0.25) is 17.7 Å². The second-order valence-corrected chi connectivity index (χ2v) is 7.47. The number of carboxylic acids is 4. The van der Waals surface area contributed by atoms with E-state index in [1.807, 2.05) is 0 Å². The van der Waals surface area contributed by atoms with Crippen LogP contribution in [0.1, 0.15) is 52.4 Å².